The molecule has 0 aromatic rings. The van der Waals surface area contributed by atoms with E-state index in [4.69, 9.17) is 10.8 Å². The fourth-order valence-electron chi connectivity index (χ4n) is 1.48. The number of aliphatic carboxylic acids is 1. The Bertz CT molecular complexity index is 252. The van der Waals surface area contributed by atoms with Gasteiger partial charge < -0.3 is 15.7 Å². The van der Waals surface area contributed by atoms with E-state index >= 15 is 0 Å². The van der Waals surface area contributed by atoms with Crippen LogP contribution >= 0.6 is 0 Å². The molecule has 5 heteroatoms. The number of amides is 1. The van der Waals surface area contributed by atoms with E-state index in [2.05, 4.69) is 0 Å². The van der Waals surface area contributed by atoms with Gasteiger partial charge in [-0.2, -0.15) is 0 Å². The molecule has 0 aliphatic rings. The molecule has 0 aromatic heterocycles. The number of nitrogens with two attached hydrogens (primary N) is 1. The van der Waals surface area contributed by atoms with Gasteiger partial charge >= 0.3 is 5.97 Å². The number of nitrogens with zero attached hydrogens (tertiary/aromatic N) is 1. The second-order valence-corrected chi connectivity index (χ2v) is 4.69. The summed E-state index contributed by atoms with van der Waals surface area (Å²) in [5.41, 5.74) is 5.75. The van der Waals surface area contributed by atoms with E-state index in [1.165, 1.54) is 4.90 Å². The molecule has 94 valence electrons. The lowest BCUT2D eigenvalue weighted by Gasteiger charge is -2.28. The zero-order chi connectivity index (χ0) is 12.9. The molecule has 0 fully saturated rings. The van der Waals surface area contributed by atoms with Crippen LogP contribution in [0.25, 0.3) is 0 Å². The van der Waals surface area contributed by atoms with E-state index < -0.39 is 12.0 Å². The molecule has 0 aromatic carbocycles. The summed E-state index contributed by atoms with van der Waals surface area (Å²) in [6, 6.07) is -0.761. The van der Waals surface area contributed by atoms with Gasteiger partial charge in [-0.3, -0.25) is 9.59 Å². The number of rotatable bonds is 6. The number of carboxylic acid groups (broad SMARTS) is 1. The van der Waals surface area contributed by atoms with E-state index in [9.17, 15) is 9.59 Å². The van der Waals surface area contributed by atoms with Crippen molar-refractivity contribution in [2.75, 3.05) is 6.54 Å². The summed E-state index contributed by atoms with van der Waals surface area (Å²) >= 11 is 0. The summed E-state index contributed by atoms with van der Waals surface area (Å²) in [4.78, 5) is 23.8. The number of carbonyl (C=O) groups is 2. The van der Waals surface area contributed by atoms with Crippen molar-refractivity contribution in [2.45, 2.75) is 46.2 Å². The van der Waals surface area contributed by atoms with Crippen molar-refractivity contribution in [2.24, 2.45) is 11.7 Å². The van der Waals surface area contributed by atoms with Gasteiger partial charge in [-0.1, -0.05) is 13.8 Å². The average molecular weight is 230 g/mol. The summed E-state index contributed by atoms with van der Waals surface area (Å²) in [6.45, 7) is 7.22. The topological polar surface area (TPSA) is 83.6 Å². The van der Waals surface area contributed by atoms with Gasteiger partial charge in [0.1, 0.15) is 6.54 Å². The summed E-state index contributed by atoms with van der Waals surface area (Å²) in [6.07, 6.45) is 0.571. The smallest absolute Gasteiger partial charge is 0.323 e. The maximum Gasteiger partial charge on any atom is 0.323 e. The van der Waals surface area contributed by atoms with E-state index in [-0.39, 0.29) is 18.5 Å². The third-order valence-corrected chi connectivity index (χ3v) is 2.25. The summed E-state index contributed by atoms with van der Waals surface area (Å²) in [7, 11) is 0. The van der Waals surface area contributed by atoms with Crippen LogP contribution in [-0.4, -0.2) is 40.5 Å². The predicted octanol–water partition coefficient (Wildman–Crippen LogP) is 0.681. The van der Waals surface area contributed by atoms with E-state index in [0.717, 1.165) is 0 Å². The molecule has 1 amide bonds. The first-order valence-electron chi connectivity index (χ1n) is 5.53. The van der Waals surface area contributed by atoms with Gasteiger partial charge in [0.25, 0.3) is 0 Å². The zero-order valence-corrected chi connectivity index (χ0v) is 10.4. The van der Waals surface area contributed by atoms with Crippen LogP contribution in [-0.2, 0) is 9.59 Å². The Balaban J connectivity index is 4.54. The minimum atomic E-state index is -1.02. The molecule has 0 aliphatic heterocycles. The molecule has 0 heterocycles. The first kappa shape index (κ1) is 14.9. The van der Waals surface area contributed by atoms with Gasteiger partial charge in [0.05, 0.1) is 6.04 Å². The molecule has 3 N–H and O–H groups in total. The van der Waals surface area contributed by atoms with Crippen molar-refractivity contribution in [1.29, 1.82) is 0 Å². The molecule has 0 aliphatic carbocycles. The van der Waals surface area contributed by atoms with Crippen LogP contribution in [0.4, 0.5) is 0 Å². The molecule has 1 atom stereocenters. The zero-order valence-electron chi connectivity index (χ0n) is 10.4. The molecule has 0 rings (SSSR count). The van der Waals surface area contributed by atoms with Crippen LogP contribution in [0.15, 0.2) is 0 Å². The van der Waals surface area contributed by atoms with Crippen LogP contribution in [0.2, 0.25) is 0 Å². The van der Waals surface area contributed by atoms with Crippen LogP contribution in [0, 0.1) is 5.92 Å². The third-order valence-electron chi connectivity index (χ3n) is 2.25. The highest BCUT2D eigenvalue weighted by atomic mass is 16.4. The Labute approximate surface area is 96.6 Å². The normalized spacial score (nSPS) is 12.9. The van der Waals surface area contributed by atoms with Crippen molar-refractivity contribution in [3.63, 3.8) is 0 Å². The monoisotopic (exact) mass is 230 g/mol. The van der Waals surface area contributed by atoms with E-state index in [1.54, 1.807) is 13.8 Å². The molecule has 0 radical (unpaired) electrons. The summed E-state index contributed by atoms with van der Waals surface area (Å²) < 4.78 is 0. The van der Waals surface area contributed by atoms with Crippen molar-refractivity contribution in [3.05, 3.63) is 0 Å². The van der Waals surface area contributed by atoms with Gasteiger partial charge in [-0.05, 0) is 26.2 Å². The first-order valence-corrected chi connectivity index (χ1v) is 5.53. The van der Waals surface area contributed by atoms with Crippen LogP contribution in [0.5, 0.6) is 0 Å². The van der Waals surface area contributed by atoms with Crippen molar-refractivity contribution >= 4 is 11.9 Å². The molecular weight excluding hydrogens is 208 g/mol. The summed E-state index contributed by atoms with van der Waals surface area (Å²) in [5.74, 6) is -0.984. The number of carboxylic acids is 1. The van der Waals surface area contributed by atoms with Gasteiger partial charge in [0, 0.05) is 6.04 Å². The highest BCUT2D eigenvalue weighted by molar-refractivity contribution is 5.85. The maximum atomic E-state index is 11.9. The van der Waals surface area contributed by atoms with Crippen molar-refractivity contribution < 1.29 is 14.7 Å². The molecule has 0 unspecified atom stereocenters. The Morgan fingerprint density at radius 3 is 2.06 bits per heavy atom. The molecule has 0 saturated carbocycles. The fraction of sp³-hybridized carbons (Fsp3) is 0.818. The van der Waals surface area contributed by atoms with Gasteiger partial charge in [-0.25, -0.2) is 0 Å². The lowest BCUT2D eigenvalue weighted by Crippen LogP contribution is -2.49. The standard InChI is InChI=1S/C11H22N2O3/c1-7(2)5-9(12)11(16)13(8(3)4)6-10(14)15/h7-9H,5-6,12H2,1-4H3,(H,14,15)/t9-/m1/s1. The Kier molecular flexibility index (Phi) is 6.03. The minimum absolute atomic E-state index is 0.151. The molecule has 0 saturated heterocycles. The molecule has 0 spiro atoms. The largest absolute Gasteiger partial charge is 0.480 e. The van der Waals surface area contributed by atoms with Crippen molar-refractivity contribution in [1.82, 2.24) is 4.90 Å². The van der Waals surface area contributed by atoms with Crippen LogP contribution in [0.1, 0.15) is 34.1 Å². The number of hydrogen-bond acceptors (Lipinski definition) is 3. The van der Waals surface area contributed by atoms with E-state index in [0.29, 0.717) is 12.3 Å². The van der Waals surface area contributed by atoms with Gasteiger partial charge in [0.2, 0.25) is 5.91 Å². The van der Waals surface area contributed by atoms with Crippen LogP contribution < -0.4 is 5.73 Å². The third kappa shape index (κ3) is 5.11. The minimum Gasteiger partial charge on any atom is -0.480 e. The van der Waals surface area contributed by atoms with E-state index in [1.807, 2.05) is 13.8 Å². The average Bonchev–Trinajstić information content (AvgIpc) is 2.11. The second-order valence-electron chi connectivity index (χ2n) is 4.69. The highest BCUT2D eigenvalue weighted by Crippen LogP contribution is 2.08. The van der Waals surface area contributed by atoms with Crippen LogP contribution in [0.3, 0.4) is 0 Å². The SMILES string of the molecule is CC(C)C[C@@H](N)C(=O)N(CC(=O)O)C(C)C. The Morgan fingerprint density at radius 2 is 1.75 bits per heavy atom. The lowest BCUT2D eigenvalue weighted by molar-refractivity contribution is -0.146. The highest BCUT2D eigenvalue weighted by Gasteiger charge is 2.25. The van der Waals surface area contributed by atoms with Gasteiger partial charge in [-0.15, -0.1) is 0 Å². The first-order chi connectivity index (χ1) is 7.25. The molecular formula is C11H22N2O3. The second kappa shape index (κ2) is 6.48. The molecule has 0 bridgehead atoms. The molecule has 16 heavy (non-hydrogen) atoms. The Hall–Kier alpha value is -1.10. The summed E-state index contributed by atoms with van der Waals surface area (Å²) in [5, 5.41) is 8.71. The lowest BCUT2D eigenvalue weighted by atomic mass is 10.0. The number of carbonyl (C=O) groups excluding carboxylic acids is 1. The predicted molar refractivity (Wildman–Crippen MR) is 61.9 cm³/mol. The maximum absolute atomic E-state index is 11.9. The number of hydrogen-bond donors (Lipinski definition) is 2. The fourth-order valence-corrected chi connectivity index (χ4v) is 1.48. The Morgan fingerprint density at radius 1 is 1.25 bits per heavy atom. The molecule has 5 nitrogen and oxygen atoms in total. The van der Waals surface area contributed by atoms with Crippen molar-refractivity contribution in [3.8, 4) is 0 Å². The van der Waals surface area contributed by atoms with Gasteiger partial charge in [0.15, 0.2) is 0 Å². The quantitative estimate of drug-likeness (QED) is 0.703.